The SMILES string of the molecule is Clc1ccc2nc(N/N=C\c3ccc(Br)cc3)cc(-c3ccccc3)c2c1. The number of halogens is 2. The molecule has 0 radical (unpaired) electrons. The van der Waals surface area contributed by atoms with Crippen LogP contribution in [0.1, 0.15) is 5.56 Å². The van der Waals surface area contributed by atoms with Crippen molar-refractivity contribution in [1.29, 1.82) is 0 Å². The molecular weight excluding hydrogens is 422 g/mol. The summed E-state index contributed by atoms with van der Waals surface area (Å²) in [6, 6.07) is 25.8. The number of nitrogens with zero attached hydrogens (tertiary/aromatic N) is 2. The number of hydrogen-bond donors (Lipinski definition) is 1. The third-order valence-corrected chi connectivity index (χ3v) is 4.88. The first-order valence-electron chi connectivity index (χ1n) is 8.39. The maximum absolute atomic E-state index is 6.21. The number of aromatic nitrogens is 1. The molecular formula is C22H15BrClN3. The van der Waals surface area contributed by atoms with E-state index in [2.05, 4.69) is 43.6 Å². The lowest BCUT2D eigenvalue weighted by molar-refractivity contribution is 1.26. The van der Waals surface area contributed by atoms with Crippen LogP contribution in [0.2, 0.25) is 5.02 Å². The van der Waals surface area contributed by atoms with Gasteiger partial charge in [-0.25, -0.2) is 4.98 Å². The zero-order valence-electron chi connectivity index (χ0n) is 14.2. The van der Waals surface area contributed by atoms with E-state index in [1.807, 2.05) is 66.7 Å². The van der Waals surface area contributed by atoms with Crippen LogP contribution in [-0.2, 0) is 0 Å². The van der Waals surface area contributed by atoms with Gasteiger partial charge in [-0.1, -0.05) is 70.0 Å². The molecule has 0 unspecified atom stereocenters. The van der Waals surface area contributed by atoms with E-state index in [1.54, 1.807) is 6.21 Å². The molecule has 1 heterocycles. The monoisotopic (exact) mass is 435 g/mol. The zero-order valence-corrected chi connectivity index (χ0v) is 16.6. The van der Waals surface area contributed by atoms with Crippen LogP contribution in [0.25, 0.3) is 22.0 Å². The van der Waals surface area contributed by atoms with Crippen molar-refractivity contribution >= 4 is 50.5 Å². The van der Waals surface area contributed by atoms with E-state index < -0.39 is 0 Å². The second-order valence-electron chi connectivity index (χ2n) is 6.00. The molecule has 4 aromatic rings. The van der Waals surface area contributed by atoms with Crippen molar-refractivity contribution in [3.8, 4) is 11.1 Å². The quantitative estimate of drug-likeness (QED) is 0.283. The molecule has 0 atom stereocenters. The maximum Gasteiger partial charge on any atom is 0.147 e. The average Bonchev–Trinajstić information content (AvgIpc) is 2.70. The number of rotatable bonds is 4. The zero-order chi connectivity index (χ0) is 18.6. The maximum atomic E-state index is 6.21. The molecule has 132 valence electrons. The highest BCUT2D eigenvalue weighted by Crippen LogP contribution is 2.31. The molecule has 3 nitrogen and oxygen atoms in total. The molecule has 0 saturated carbocycles. The second kappa shape index (κ2) is 7.91. The lowest BCUT2D eigenvalue weighted by Gasteiger charge is -2.10. The van der Waals surface area contributed by atoms with Crippen molar-refractivity contribution in [1.82, 2.24) is 4.98 Å². The van der Waals surface area contributed by atoms with Gasteiger partial charge in [0.05, 0.1) is 11.7 Å². The summed E-state index contributed by atoms with van der Waals surface area (Å²) in [5.74, 6) is 0.678. The number of nitrogens with one attached hydrogen (secondary N) is 1. The summed E-state index contributed by atoms with van der Waals surface area (Å²) in [4.78, 5) is 4.66. The highest BCUT2D eigenvalue weighted by atomic mass is 79.9. The van der Waals surface area contributed by atoms with Crippen LogP contribution < -0.4 is 5.43 Å². The molecule has 27 heavy (non-hydrogen) atoms. The number of hydrogen-bond acceptors (Lipinski definition) is 3. The summed E-state index contributed by atoms with van der Waals surface area (Å²) in [6.45, 7) is 0. The number of benzene rings is 3. The Morgan fingerprint density at radius 1 is 0.926 bits per heavy atom. The van der Waals surface area contributed by atoms with Crippen molar-refractivity contribution in [2.75, 3.05) is 5.43 Å². The molecule has 0 aliphatic carbocycles. The van der Waals surface area contributed by atoms with Gasteiger partial charge in [-0.3, -0.25) is 5.43 Å². The standard InChI is InChI=1S/C22H15BrClN3/c23-17-8-6-15(7-9-17)14-25-27-22-13-19(16-4-2-1-3-5-16)20-12-18(24)10-11-21(20)26-22/h1-14H,(H,26,27)/b25-14-. The molecule has 0 aliphatic rings. The predicted octanol–water partition coefficient (Wildman–Crippen LogP) is 6.76. The Labute approximate surface area is 170 Å². The van der Waals surface area contributed by atoms with Gasteiger partial charge in [-0.05, 0) is 53.1 Å². The van der Waals surface area contributed by atoms with Crippen molar-refractivity contribution in [2.45, 2.75) is 0 Å². The first kappa shape index (κ1) is 17.7. The molecule has 0 saturated heterocycles. The highest BCUT2D eigenvalue weighted by molar-refractivity contribution is 9.10. The molecule has 1 N–H and O–H groups in total. The molecule has 1 aromatic heterocycles. The fourth-order valence-electron chi connectivity index (χ4n) is 2.83. The Hall–Kier alpha value is -2.69. The van der Waals surface area contributed by atoms with Crippen LogP contribution in [0.5, 0.6) is 0 Å². The average molecular weight is 437 g/mol. The van der Waals surface area contributed by atoms with E-state index in [0.29, 0.717) is 10.8 Å². The second-order valence-corrected chi connectivity index (χ2v) is 7.36. The molecule has 0 fully saturated rings. The minimum absolute atomic E-state index is 0.678. The molecule has 3 aromatic carbocycles. The highest BCUT2D eigenvalue weighted by Gasteiger charge is 2.08. The third-order valence-electron chi connectivity index (χ3n) is 4.12. The number of hydrazone groups is 1. The lowest BCUT2D eigenvalue weighted by Crippen LogP contribution is -1.96. The van der Waals surface area contributed by atoms with Crippen LogP contribution in [0.3, 0.4) is 0 Å². The van der Waals surface area contributed by atoms with Gasteiger partial charge in [0.1, 0.15) is 5.82 Å². The number of pyridine rings is 1. The van der Waals surface area contributed by atoms with E-state index in [0.717, 1.165) is 32.1 Å². The van der Waals surface area contributed by atoms with E-state index in [-0.39, 0.29) is 0 Å². The number of fused-ring (bicyclic) bond motifs is 1. The largest absolute Gasteiger partial charge is 0.261 e. The van der Waals surface area contributed by atoms with Gasteiger partial charge in [0.2, 0.25) is 0 Å². The molecule has 5 heteroatoms. The van der Waals surface area contributed by atoms with Gasteiger partial charge < -0.3 is 0 Å². The van der Waals surface area contributed by atoms with Gasteiger partial charge in [0.15, 0.2) is 0 Å². The smallest absolute Gasteiger partial charge is 0.147 e. The summed E-state index contributed by atoms with van der Waals surface area (Å²) >= 11 is 9.64. The van der Waals surface area contributed by atoms with Crippen LogP contribution in [0, 0.1) is 0 Å². The van der Waals surface area contributed by atoms with Gasteiger partial charge in [-0.15, -0.1) is 0 Å². The van der Waals surface area contributed by atoms with E-state index in [4.69, 9.17) is 11.6 Å². The molecule has 0 amide bonds. The molecule has 0 spiro atoms. The van der Waals surface area contributed by atoms with E-state index in [1.165, 1.54) is 0 Å². The Bertz CT molecular complexity index is 1110. The Kier molecular flexibility index (Phi) is 5.19. The minimum Gasteiger partial charge on any atom is -0.261 e. The lowest BCUT2D eigenvalue weighted by atomic mass is 10.0. The summed E-state index contributed by atoms with van der Waals surface area (Å²) < 4.78 is 1.04. The van der Waals surface area contributed by atoms with Crippen LogP contribution >= 0.6 is 27.5 Å². The molecule has 4 rings (SSSR count). The van der Waals surface area contributed by atoms with Crippen molar-refractivity contribution in [2.24, 2.45) is 5.10 Å². The minimum atomic E-state index is 0.678. The van der Waals surface area contributed by atoms with Gasteiger partial charge in [0, 0.05) is 14.9 Å². The normalized spacial score (nSPS) is 11.2. The summed E-state index contributed by atoms with van der Waals surface area (Å²) in [5, 5.41) is 6.02. The van der Waals surface area contributed by atoms with Gasteiger partial charge in [-0.2, -0.15) is 5.10 Å². The third kappa shape index (κ3) is 4.18. The summed E-state index contributed by atoms with van der Waals surface area (Å²) in [7, 11) is 0. The number of anilines is 1. The first-order chi connectivity index (χ1) is 13.2. The Balaban J connectivity index is 1.71. The Morgan fingerprint density at radius 2 is 1.70 bits per heavy atom. The molecule has 0 aliphatic heterocycles. The first-order valence-corrected chi connectivity index (χ1v) is 9.56. The van der Waals surface area contributed by atoms with E-state index >= 15 is 0 Å². The van der Waals surface area contributed by atoms with Crippen LogP contribution in [-0.4, -0.2) is 11.2 Å². The molecule has 0 bridgehead atoms. The van der Waals surface area contributed by atoms with Crippen molar-refractivity contribution in [3.05, 3.63) is 93.9 Å². The summed E-state index contributed by atoms with van der Waals surface area (Å²) in [6.07, 6.45) is 1.77. The predicted molar refractivity (Wildman–Crippen MR) is 118 cm³/mol. The van der Waals surface area contributed by atoms with Crippen LogP contribution in [0.15, 0.2) is 88.4 Å². The van der Waals surface area contributed by atoms with Crippen molar-refractivity contribution < 1.29 is 0 Å². The van der Waals surface area contributed by atoms with Crippen LogP contribution in [0.4, 0.5) is 5.82 Å². The van der Waals surface area contributed by atoms with Gasteiger partial charge in [0.25, 0.3) is 0 Å². The van der Waals surface area contributed by atoms with E-state index in [9.17, 15) is 0 Å². The summed E-state index contributed by atoms with van der Waals surface area (Å²) in [5.41, 5.74) is 7.07. The Morgan fingerprint density at radius 3 is 2.48 bits per heavy atom. The van der Waals surface area contributed by atoms with Gasteiger partial charge >= 0.3 is 0 Å². The van der Waals surface area contributed by atoms with Crippen molar-refractivity contribution in [3.63, 3.8) is 0 Å². The fourth-order valence-corrected chi connectivity index (χ4v) is 3.27. The topological polar surface area (TPSA) is 37.3 Å². The fraction of sp³-hybridized carbons (Fsp3) is 0.